The average Bonchev–Trinajstić information content (AvgIpc) is 2.73. The van der Waals surface area contributed by atoms with Crippen LogP contribution in [0.15, 0.2) is 11.5 Å². The van der Waals surface area contributed by atoms with Crippen LogP contribution in [0.2, 0.25) is 0 Å². The van der Waals surface area contributed by atoms with Gasteiger partial charge in [0.1, 0.15) is 6.10 Å². The Morgan fingerprint density at radius 2 is 1.54 bits per heavy atom. The minimum absolute atomic E-state index is 0. The molecule has 1 rings (SSSR count). The van der Waals surface area contributed by atoms with Crippen LogP contribution in [0.4, 0.5) is 0 Å². The van der Waals surface area contributed by atoms with Gasteiger partial charge in [-0.1, -0.05) is 0 Å². The SMILES string of the molecule is O=C(O)CC(O)(CC(=O)O)C(=O)O.O=C1O[C@H]([C@@H](O)CO)C(O)=C1O.[H-].[Na+]. The molecule has 13 nitrogen and oxygen atoms in total. The third kappa shape index (κ3) is 7.55. The molecule has 1 aliphatic heterocycles. The van der Waals surface area contributed by atoms with E-state index < -0.39 is 72.7 Å². The Balaban J connectivity index is -0.000000398. The number of aliphatic carboxylic acids is 3. The second kappa shape index (κ2) is 10.9. The molecule has 14 heteroatoms. The number of ether oxygens (including phenoxy) is 1. The molecular formula is C12H17NaO13. The van der Waals surface area contributed by atoms with Crippen LogP contribution < -0.4 is 29.6 Å². The Morgan fingerprint density at radius 3 is 1.77 bits per heavy atom. The number of hydrogen-bond acceptors (Lipinski definition) is 10. The molecule has 26 heavy (non-hydrogen) atoms. The number of hydrogen-bond donors (Lipinski definition) is 8. The number of aliphatic hydroxyl groups is 5. The number of carbonyl (C=O) groups is 4. The number of cyclic esters (lactones) is 1. The van der Waals surface area contributed by atoms with E-state index >= 15 is 0 Å². The van der Waals surface area contributed by atoms with Gasteiger partial charge in [-0.05, 0) is 0 Å². The summed E-state index contributed by atoms with van der Waals surface area (Å²) >= 11 is 0. The van der Waals surface area contributed by atoms with Crippen molar-refractivity contribution in [2.45, 2.75) is 30.7 Å². The van der Waals surface area contributed by atoms with Gasteiger partial charge in [-0.25, -0.2) is 9.59 Å². The van der Waals surface area contributed by atoms with Crippen LogP contribution in [0.5, 0.6) is 0 Å². The van der Waals surface area contributed by atoms with Crippen LogP contribution >= 0.6 is 0 Å². The molecule has 0 unspecified atom stereocenters. The molecule has 0 aromatic heterocycles. The first-order valence-electron chi connectivity index (χ1n) is 6.37. The normalized spacial score (nSPS) is 17.3. The summed E-state index contributed by atoms with van der Waals surface area (Å²) in [6.45, 7) is -0.671. The molecule has 0 aromatic carbocycles. The zero-order valence-electron chi connectivity index (χ0n) is 14.4. The molecule has 0 spiro atoms. The van der Waals surface area contributed by atoms with Crippen molar-refractivity contribution in [1.29, 1.82) is 0 Å². The van der Waals surface area contributed by atoms with E-state index in [0.717, 1.165) is 0 Å². The van der Waals surface area contributed by atoms with Crippen molar-refractivity contribution in [2.24, 2.45) is 0 Å². The van der Waals surface area contributed by atoms with Crippen molar-refractivity contribution >= 4 is 23.9 Å². The quantitative estimate of drug-likeness (QED) is 0.149. The topological polar surface area (TPSA) is 239 Å². The van der Waals surface area contributed by atoms with Crippen molar-refractivity contribution < 1.29 is 95.8 Å². The first-order chi connectivity index (χ1) is 11.4. The molecule has 8 N–H and O–H groups in total. The summed E-state index contributed by atoms with van der Waals surface area (Å²) in [5.74, 6) is -7.80. The van der Waals surface area contributed by atoms with Crippen LogP contribution in [-0.4, -0.2) is 89.1 Å². The number of carboxylic acid groups (broad SMARTS) is 3. The third-order valence-electron chi connectivity index (χ3n) is 2.76. The number of aliphatic hydroxyl groups excluding tert-OH is 4. The third-order valence-corrected chi connectivity index (χ3v) is 2.76. The first kappa shape index (κ1) is 26.3. The fourth-order valence-electron chi connectivity index (χ4n) is 1.54. The van der Waals surface area contributed by atoms with Gasteiger partial charge in [-0.3, -0.25) is 9.59 Å². The smallest absolute Gasteiger partial charge is 1.00 e. The van der Waals surface area contributed by atoms with Crippen molar-refractivity contribution in [1.82, 2.24) is 0 Å². The van der Waals surface area contributed by atoms with Gasteiger partial charge < -0.3 is 47.0 Å². The minimum Gasteiger partial charge on any atom is -1.00 e. The molecule has 1 aliphatic rings. The van der Waals surface area contributed by atoms with Gasteiger partial charge in [-0.2, -0.15) is 0 Å². The molecule has 0 radical (unpaired) electrons. The van der Waals surface area contributed by atoms with Crippen LogP contribution in [0.3, 0.4) is 0 Å². The van der Waals surface area contributed by atoms with Crippen LogP contribution in [-0.2, 0) is 23.9 Å². The minimum atomic E-state index is -2.74. The Kier molecular flexibility index (Phi) is 11.1. The maximum atomic E-state index is 10.5. The second-order valence-electron chi connectivity index (χ2n) is 4.79. The van der Waals surface area contributed by atoms with E-state index in [1.807, 2.05) is 0 Å². The van der Waals surface area contributed by atoms with E-state index in [4.69, 9.17) is 40.9 Å². The van der Waals surface area contributed by atoms with Crippen molar-refractivity contribution in [3.05, 3.63) is 11.5 Å². The second-order valence-corrected chi connectivity index (χ2v) is 4.79. The van der Waals surface area contributed by atoms with Crippen molar-refractivity contribution in [3.63, 3.8) is 0 Å². The van der Waals surface area contributed by atoms with E-state index in [1.54, 1.807) is 0 Å². The Bertz CT molecular complexity index is 574. The van der Waals surface area contributed by atoms with E-state index in [1.165, 1.54) is 0 Å². The zero-order valence-corrected chi connectivity index (χ0v) is 15.4. The maximum absolute atomic E-state index is 10.5. The van der Waals surface area contributed by atoms with Gasteiger partial charge in [-0.15, -0.1) is 0 Å². The summed E-state index contributed by atoms with van der Waals surface area (Å²) in [4.78, 5) is 41.0. The fourth-order valence-corrected chi connectivity index (χ4v) is 1.54. The summed E-state index contributed by atoms with van der Waals surface area (Å²) in [5, 5.41) is 68.9. The van der Waals surface area contributed by atoms with Gasteiger partial charge in [0.15, 0.2) is 17.5 Å². The molecule has 0 aromatic rings. The Labute approximate surface area is 168 Å². The first-order valence-corrected chi connectivity index (χ1v) is 6.37. The summed E-state index contributed by atoms with van der Waals surface area (Å²) in [6.07, 6.45) is -5.07. The zero-order chi connectivity index (χ0) is 19.9. The molecule has 144 valence electrons. The van der Waals surface area contributed by atoms with Crippen LogP contribution in [0.25, 0.3) is 0 Å². The maximum Gasteiger partial charge on any atom is 1.00 e. The summed E-state index contributed by atoms with van der Waals surface area (Å²) in [5.41, 5.74) is -2.74. The number of carboxylic acids is 3. The summed E-state index contributed by atoms with van der Waals surface area (Å²) < 4.78 is 4.32. The van der Waals surface area contributed by atoms with Gasteiger partial charge in [0, 0.05) is 0 Å². The molecule has 2 atom stereocenters. The van der Waals surface area contributed by atoms with E-state index in [0.29, 0.717) is 0 Å². The van der Waals surface area contributed by atoms with Crippen LogP contribution in [0, 0.1) is 0 Å². The van der Waals surface area contributed by atoms with Gasteiger partial charge in [0.25, 0.3) is 0 Å². The molecule has 0 fully saturated rings. The van der Waals surface area contributed by atoms with Crippen LogP contribution in [0.1, 0.15) is 14.3 Å². The van der Waals surface area contributed by atoms with E-state index in [-0.39, 0.29) is 31.0 Å². The standard InChI is InChI=1S/C6H8O7.C6H8O6.Na.H/c7-3(8)1-6(13,5(11)12)2-4(9)10;7-1-2(8)5-3(9)4(10)6(11)12-5;;/h13H,1-2H2,(H,7,8)(H,9,10)(H,11,12);2,5,7-10H,1H2;;/q;;+1;-1/t;2-,5+;;/m.0../s1. The molecule has 1 heterocycles. The average molecular weight is 392 g/mol. The van der Waals surface area contributed by atoms with Crippen molar-refractivity contribution in [3.8, 4) is 0 Å². The molecular weight excluding hydrogens is 375 g/mol. The Hall–Kier alpha value is -1.90. The van der Waals surface area contributed by atoms with E-state index in [9.17, 15) is 19.2 Å². The predicted molar refractivity (Wildman–Crippen MR) is 73.5 cm³/mol. The fraction of sp³-hybridized carbons (Fsp3) is 0.500. The molecule has 0 amide bonds. The summed E-state index contributed by atoms with van der Waals surface area (Å²) in [7, 11) is 0. The monoisotopic (exact) mass is 392 g/mol. The van der Waals surface area contributed by atoms with Gasteiger partial charge >= 0.3 is 53.4 Å². The number of esters is 1. The molecule has 0 saturated carbocycles. The predicted octanol–water partition coefficient (Wildman–Crippen LogP) is -5.54. The Morgan fingerprint density at radius 1 is 1.12 bits per heavy atom. The van der Waals surface area contributed by atoms with E-state index in [2.05, 4.69) is 4.74 Å². The molecule has 0 bridgehead atoms. The summed E-state index contributed by atoms with van der Waals surface area (Å²) in [6, 6.07) is 0. The molecule has 0 saturated heterocycles. The number of carbonyl (C=O) groups excluding carboxylic acids is 1. The van der Waals surface area contributed by atoms with Gasteiger partial charge in [0.05, 0.1) is 19.4 Å². The largest absolute Gasteiger partial charge is 1.00 e. The van der Waals surface area contributed by atoms with Gasteiger partial charge in [0.2, 0.25) is 5.76 Å². The number of rotatable bonds is 7. The van der Waals surface area contributed by atoms with Crippen molar-refractivity contribution in [2.75, 3.05) is 6.61 Å². The molecule has 0 aliphatic carbocycles.